The van der Waals surface area contributed by atoms with Crippen LogP contribution in [-0.2, 0) is 0 Å². The maximum absolute atomic E-state index is 9.31. The summed E-state index contributed by atoms with van der Waals surface area (Å²) >= 11 is 0. The van der Waals surface area contributed by atoms with Crippen LogP contribution in [0.25, 0.3) is 0 Å². The highest BCUT2D eigenvalue weighted by Gasteiger charge is 2.05. The van der Waals surface area contributed by atoms with E-state index in [-0.39, 0.29) is 0 Å². The van der Waals surface area contributed by atoms with Crippen LogP contribution in [-0.4, -0.2) is 15.8 Å². The molecule has 0 aliphatic rings. The predicted molar refractivity (Wildman–Crippen MR) is 51.0 cm³/mol. The number of rotatable bonds is 4. The lowest BCUT2D eigenvalue weighted by atomic mass is 10.0. The molecule has 0 spiro atoms. The summed E-state index contributed by atoms with van der Waals surface area (Å²) in [6.07, 6.45) is 7.29. The molecule has 2 N–H and O–H groups in total. The zero-order chi connectivity index (χ0) is 9.61. The van der Waals surface area contributed by atoms with Gasteiger partial charge in [-0.05, 0) is 32.3 Å². The summed E-state index contributed by atoms with van der Waals surface area (Å²) < 4.78 is 0. The maximum atomic E-state index is 9.31. The normalized spacial score (nSPS) is 16.0. The van der Waals surface area contributed by atoms with E-state index in [1.807, 2.05) is 13.0 Å². The van der Waals surface area contributed by atoms with Crippen molar-refractivity contribution in [2.75, 3.05) is 0 Å². The van der Waals surface area contributed by atoms with Crippen LogP contribution in [0.5, 0.6) is 0 Å². The lowest BCUT2D eigenvalue weighted by Crippen LogP contribution is -2.13. The Morgan fingerprint density at radius 1 is 1.42 bits per heavy atom. The van der Waals surface area contributed by atoms with Crippen molar-refractivity contribution in [2.24, 2.45) is 5.92 Å². The molecule has 0 aliphatic heterocycles. The summed E-state index contributed by atoms with van der Waals surface area (Å²) in [6, 6.07) is 0. The number of aliphatic hydroxyl groups is 2. The minimum Gasteiger partial charge on any atom is -0.516 e. The Morgan fingerprint density at radius 3 is 2.42 bits per heavy atom. The summed E-state index contributed by atoms with van der Waals surface area (Å²) in [7, 11) is 0. The monoisotopic (exact) mass is 170 g/mol. The Balaban J connectivity index is 3.75. The first-order valence-corrected chi connectivity index (χ1v) is 4.16. The molecule has 0 heterocycles. The molecule has 0 saturated heterocycles. The lowest BCUT2D eigenvalue weighted by Gasteiger charge is -2.10. The van der Waals surface area contributed by atoms with E-state index in [9.17, 15) is 5.11 Å². The van der Waals surface area contributed by atoms with Gasteiger partial charge in [0.15, 0.2) is 0 Å². The summed E-state index contributed by atoms with van der Waals surface area (Å²) in [5, 5.41) is 17.7. The molecule has 12 heavy (non-hydrogen) atoms. The molecule has 1 unspecified atom stereocenters. The van der Waals surface area contributed by atoms with Gasteiger partial charge >= 0.3 is 0 Å². The molecule has 0 bridgehead atoms. The second-order valence-electron chi connectivity index (χ2n) is 3.61. The molecular weight excluding hydrogens is 152 g/mol. The quantitative estimate of drug-likeness (QED) is 0.502. The third-order valence-electron chi connectivity index (χ3n) is 1.45. The van der Waals surface area contributed by atoms with Crippen molar-refractivity contribution >= 4 is 0 Å². The molecule has 0 saturated carbocycles. The minimum absolute atomic E-state index is 0.314. The minimum atomic E-state index is -0.733. The fraction of sp³-hybridized carbons (Fsp3) is 0.600. The van der Waals surface area contributed by atoms with Crippen LogP contribution in [0, 0.1) is 5.92 Å². The maximum Gasteiger partial charge on any atom is 0.0771 e. The van der Waals surface area contributed by atoms with Crippen molar-refractivity contribution in [3.05, 3.63) is 24.5 Å². The first-order chi connectivity index (χ1) is 5.45. The molecule has 0 aromatic rings. The summed E-state index contributed by atoms with van der Waals surface area (Å²) in [6.45, 7) is 5.47. The van der Waals surface area contributed by atoms with Gasteiger partial charge in [0.05, 0.1) is 11.9 Å². The number of hydrogen-bond donors (Lipinski definition) is 2. The summed E-state index contributed by atoms with van der Waals surface area (Å²) in [4.78, 5) is 0. The highest BCUT2D eigenvalue weighted by atomic mass is 16.3. The first-order valence-electron chi connectivity index (χ1n) is 4.16. The van der Waals surface area contributed by atoms with Gasteiger partial charge in [-0.1, -0.05) is 19.1 Å². The Kier molecular flexibility index (Phi) is 4.67. The summed E-state index contributed by atoms with van der Waals surface area (Å²) in [5.74, 6) is 0.314. The highest BCUT2D eigenvalue weighted by molar-refractivity contribution is 4.97. The largest absolute Gasteiger partial charge is 0.516 e. The smallest absolute Gasteiger partial charge is 0.0771 e. The van der Waals surface area contributed by atoms with E-state index in [2.05, 4.69) is 0 Å². The van der Waals surface area contributed by atoms with Crippen LogP contribution >= 0.6 is 0 Å². The standard InChI is InChI=1S/C10H18O2/c1-9(6-8-11)5-4-7-10(2,3)12/h4,6-9,11-12H,5H2,1-3H3. The van der Waals surface area contributed by atoms with Crippen LogP contribution < -0.4 is 0 Å². The van der Waals surface area contributed by atoms with Crippen molar-refractivity contribution in [2.45, 2.75) is 32.8 Å². The Labute approximate surface area is 74.2 Å². The van der Waals surface area contributed by atoms with E-state index in [0.717, 1.165) is 12.7 Å². The molecule has 0 fully saturated rings. The third-order valence-corrected chi connectivity index (χ3v) is 1.45. The van der Waals surface area contributed by atoms with E-state index in [1.165, 1.54) is 0 Å². The highest BCUT2D eigenvalue weighted by Crippen LogP contribution is 2.08. The lowest BCUT2D eigenvalue weighted by molar-refractivity contribution is 0.133. The average molecular weight is 170 g/mol. The number of aliphatic hydroxyl groups excluding tert-OH is 1. The van der Waals surface area contributed by atoms with E-state index < -0.39 is 5.60 Å². The van der Waals surface area contributed by atoms with Crippen molar-refractivity contribution in [1.82, 2.24) is 0 Å². The average Bonchev–Trinajstić information content (AvgIpc) is 1.84. The fourth-order valence-electron chi connectivity index (χ4n) is 0.797. The predicted octanol–water partition coefficient (Wildman–Crippen LogP) is 2.41. The second kappa shape index (κ2) is 4.99. The SMILES string of the molecule is CC(C=CO)CC=CC(C)(C)O. The van der Waals surface area contributed by atoms with Crippen LogP contribution in [0.1, 0.15) is 27.2 Å². The van der Waals surface area contributed by atoms with Crippen molar-refractivity contribution in [3.8, 4) is 0 Å². The molecule has 2 nitrogen and oxygen atoms in total. The van der Waals surface area contributed by atoms with Crippen molar-refractivity contribution in [1.29, 1.82) is 0 Å². The van der Waals surface area contributed by atoms with Gasteiger partial charge in [-0.2, -0.15) is 0 Å². The molecular formula is C10H18O2. The molecule has 0 amide bonds. The Morgan fingerprint density at radius 2 is 2.00 bits per heavy atom. The fourth-order valence-corrected chi connectivity index (χ4v) is 0.797. The van der Waals surface area contributed by atoms with Gasteiger partial charge in [0.25, 0.3) is 0 Å². The number of hydrogen-bond acceptors (Lipinski definition) is 2. The molecule has 70 valence electrons. The molecule has 2 heteroatoms. The van der Waals surface area contributed by atoms with E-state index in [1.54, 1.807) is 26.0 Å². The van der Waals surface area contributed by atoms with Gasteiger partial charge in [-0.15, -0.1) is 0 Å². The van der Waals surface area contributed by atoms with Gasteiger partial charge < -0.3 is 10.2 Å². The third kappa shape index (κ3) is 7.35. The molecule has 0 aliphatic carbocycles. The van der Waals surface area contributed by atoms with Crippen LogP contribution in [0.15, 0.2) is 24.5 Å². The summed E-state index contributed by atoms with van der Waals surface area (Å²) in [5.41, 5.74) is -0.733. The molecule has 1 atom stereocenters. The van der Waals surface area contributed by atoms with Gasteiger partial charge in [-0.25, -0.2) is 0 Å². The Hall–Kier alpha value is -0.760. The zero-order valence-corrected chi connectivity index (χ0v) is 7.99. The van der Waals surface area contributed by atoms with Crippen molar-refractivity contribution in [3.63, 3.8) is 0 Å². The van der Waals surface area contributed by atoms with Gasteiger partial charge in [0.2, 0.25) is 0 Å². The van der Waals surface area contributed by atoms with Crippen LogP contribution in [0.2, 0.25) is 0 Å². The topological polar surface area (TPSA) is 40.5 Å². The molecule has 0 aromatic heterocycles. The van der Waals surface area contributed by atoms with Crippen LogP contribution in [0.3, 0.4) is 0 Å². The van der Waals surface area contributed by atoms with E-state index >= 15 is 0 Å². The van der Waals surface area contributed by atoms with E-state index in [0.29, 0.717) is 5.92 Å². The molecule has 0 radical (unpaired) electrons. The number of allylic oxidation sites excluding steroid dienone is 2. The zero-order valence-electron chi connectivity index (χ0n) is 7.99. The van der Waals surface area contributed by atoms with Gasteiger partial charge in [-0.3, -0.25) is 0 Å². The first kappa shape index (κ1) is 11.2. The molecule has 0 rings (SSSR count). The Bertz CT molecular complexity index is 163. The molecule has 0 aromatic carbocycles. The van der Waals surface area contributed by atoms with Gasteiger partial charge in [0.1, 0.15) is 0 Å². The van der Waals surface area contributed by atoms with E-state index in [4.69, 9.17) is 5.11 Å². The van der Waals surface area contributed by atoms with Crippen molar-refractivity contribution < 1.29 is 10.2 Å². The van der Waals surface area contributed by atoms with Crippen LogP contribution in [0.4, 0.5) is 0 Å². The van der Waals surface area contributed by atoms with Gasteiger partial charge in [0, 0.05) is 0 Å². The second-order valence-corrected chi connectivity index (χ2v) is 3.61.